The Balaban J connectivity index is 1.73. The molecule has 1 aromatic heterocycles. The lowest BCUT2D eigenvalue weighted by molar-refractivity contribution is 0.280. The van der Waals surface area contributed by atoms with Crippen molar-refractivity contribution in [3.05, 3.63) is 39.4 Å². The number of aryl methyl sites for hydroxylation is 1. The predicted octanol–water partition coefficient (Wildman–Crippen LogP) is 3.10. The van der Waals surface area contributed by atoms with Gasteiger partial charge in [-0.05, 0) is 56.0 Å². The van der Waals surface area contributed by atoms with Crippen LogP contribution in [0.25, 0.3) is 0 Å². The first-order valence-electron chi connectivity index (χ1n) is 7.11. The molecular weight excluding hydrogens is 334 g/mol. The molecule has 5 nitrogen and oxygen atoms in total. The van der Waals surface area contributed by atoms with Crippen molar-refractivity contribution < 1.29 is 9.26 Å². The van der Waals surface area contributed by atoms with Crippen LogP contribution in [0.2, 0.25) is 0 Å². The molecule has 1 fully saturated rings. The molecule has 1 aliphatic rings. The fourth-order valence-corrected chi connectivity index (χ4v) is 2.93. The van der Waals surface area contributed by atoms with E-state index in [-0.39, 0.29) is 0 Å². The zero-order valence-electron chi connectivity index (χ0n) is 11.9. The molecule has 6 heteroatoms. The van der Waals surface area contributed by atoms with Crippen LogP contribution >= 0.6 is 15.9 Å². The van der Waals surface area contributed by atoms with Gasteiger partial charge in [0.05, 0.1) is 0 Å². The standard InChI is InChI=1S/C15H18BrN3O2/c1-9-6-12(16)7-11(4-5-17)14(9)20-8-13-18-15(21-19-13)10-2-3-10/h6-7,10H,2-5,8,17H2,1H3. The molecule has 21 heavy (non-hydrogen) atoms. The van der Waals surface area contributed by atoms with Crippen LogP contribution in [0.1, 0.15) is 41.6 Å². The van der Waals surface area contributed by atoms with E-state index in [1.54, 1.807) is 0 Å². The van der Waals surface area contributed by atoms with Crippen LogP contribution in [0.4, 0.5) is 0 Å². The highest BCUT2D eigenvalue weighted by molar-refractivity contribution is 9.10. The van der Waals surface area contributed by atoms with Gasteiger partial charge in [-0.15, -0.1) is 0 Å². The summed E-state index contributed by atoms with van der Waals surface area (Å²) in [6.07, 6.45) is 3.07. The van der Waals surface area contributed by atoms with Gasteiger partial charge in [0, 0.05) is 10.4 Å². The Morgan fingerprint density at radius 3 is 2.95 bits per heavy atom. The largest absolute Gasteiger partial charge is 0.485 e. The second-order valence-electron chi connectivity index (χ2n) is 5.36. The first kappa shape index (κ1) is 14.5. The molecule has 0 saturated heterocycles. The lowest BCUT2D eigenvalue weighted by Gasteiger charge is -2.13. The number of ether oxygens (including phenoxy) is 1. The van der Waals surface area contributed by atoms with Crippen LogP contribution < -0.4 is 10.5 Å². The lowest BCUT2D eigenvalue weighted by atomic mass is 10.1. The third-order valence-electron chi connectivity index (χ3n) is 3.49. The number of nitrogens with two attached hydrogens (primary N) is 1. The van der Waals surface area contributed by atoms with Gasteiger partial charge in [0.15, 0.2) is 6.61 Å². The quantitative estimate of drug-likeness (QED) is 0.865. The van der Waals surface area contributed by atoms with Crippen LogP contribution in [0, 0.1) is 6.92 Å². The monoisotopic (exact) mass is 351 g/mol. The number of rotatable bonds is 6. The molecule has 1 heterocycles. The summed E-state index contributed by atoms with van der Waals surface area (Å²) in [5.41, 5.74) is 7.83. The highest BCUT2D eigenvalue weighted by atomic mass is 79.9. The molecule has 0 bridgehead atoms. The first-order chi connectivity index (χ1) is 10.2. The van der Waals surface area contributed by atoms with Crippen LogP contribution in [-0.2, 0) is 13.0 Å². The summed E-state index contributed by atoms with van der Waals surface area (Å²) < 4.78 is 12.2. The van der Waals surface area contributed by atoms with Crippen molar-refractivity contribution in [2.24, 2.45) is 5.73 Å². The van der Waals surface area contributed by atoms with Crippen molar-refractivity contribution in [2.75, 3.05) is 6.54 Å². The number of hydrogen-bond donors (Lipinski definition) is 1. The van der Waals surface area contributed by atoms with Crippen molar-refractivity contribution in [1.82, 2.24) is 10.1 Å². The minimum Gasteiger partial charge on any atom is -0.485 e. The third kappa shape index (κ3) is 3.44. The number of halogens is 1. The molecule has 3 rings (SSSR count). The molecular formula is C15H18BrN3O2. The maximum atomic E-state index is 5.91. The van der Waals surface area contributed by atoms with E-state index in [0.29, 0.717) is 24.9 Å². The summed E-state index contributed by atoms with van der Waals surface area (Å²) in [5, 5.41) is 3.97. The van der Waals surface area contributed by atoms with Crippen molar-refractivity contribution in [3.63, 3.8) is 0 Å². The molecule has 0 unspecified atom stereocenters. The van der Waals surface area contributed by atoms with Crippen molar-refractivity contribution >= 4 is 15.9 Å². The first-order valence-corrected chi connectivity index (χ1v) is 7.91. The van der Waals surface area contributed by atoms with E-state index in [4.69, 9.17) is 15.0 Å². The van der Waals surface area contributed by atoms with Gasteiger partial charge in [-0.2, -0.15) is 4.98 Å². The summed E-state index contributed by atoms with van der Waals surface area (Å²) in [7, 11) is 0. The number of nitrogens with zero attached hydrogens (tertiary/aromatic N) is 2. The Hall–Kier alpha value is -1.40. The van der Waals surface area contributed by atoms with E-state index in [1.807, 2.05) is 19.1 Å². The minimum atomic E-state index is 0.316. The van der Waals surface area contributed by atoms with Gasteiger partial charge in [-0.1, -0.05) is 21.1 Å². The zero-order valence-corrected chi connectivity index (χ0v) is 13.5. The second kappa shape index (κ2) is 6.15. The Morgan fingerprint density at radius 1 is 1.43 bits per heavy atom. The summed E-state index contributed by atoms with van der Waals surface area (Å²) in [6.45, 7) is 2.92. The molecule has 2 N–H and O–H groups in total. The van der Waals surface area contributed by atoms with Gasteiger partial charge in [-0.3, -0.25) is 0 Å². The number of hydrogen-bond acceptors (Lipinski definition) is 5. The van der Waals surface area contributed by atoms with E-state index in [9.17, 15) is 0 Å². The van der Waals surface area contributed by atoms with Crippen LogP contribution in [0.3, 0.4) is 0 Å². The van der Waals surface area contributed by atoms with Gasteiger partial charge in [0.1, 0.15) is 5.75 Å². The maximum absolute atomic E-state index is 5.91. The minimum absolute atomic E-state index is 0.316. The van der Waals surface area contributed by atoms with Gasteiger partial charge in [0.2, 0.25) is 11.7 Å². The normalized spacial score (nSPS) is 14.4. The Morgan fingerprint density at radius 2 is 2.24 bits per heavy atom. The number of benzene rings is 1. The van der Waals surface area contributed by atoms with Gasteiger partial charge in [0.25, 0.3) is 0 Å². The smallest absolute Gasteiger partial charge is 0.229 e. The summed E-state index contributed by atoms with van der Waals surface area (Å²) >= 11 is 3.50. The van der Waals surface area contributed by atoms with Crippen molar-refractivity contribution in [2.45, 2.75) is 38.7 Å². The highest BCUT2D eigenvalue weighted by Crippen LogP contribution is 2.39. The second-order valence-corrected chi connectivity index (χ2v) is 6.28. The molecule has 0 amide bonds. The van der Waals surface area contributed by atoms with Crippen LogP contribution in [-0.4, -0.2) is 16.7 Å². The number of aromatic nitrogens is 2. The summed E-state index contributed by atoms with van der Waals surface area (Å²) in [6, 6.07) is 4.07. The molecule has 0 spiro atoms. The summed E-state index contributed by atoms with van der Waals surface area (Å²) in [5.74, 6) is 2.66. The zero-order chi connectivity index (χ0) is 14.8. The van der Waals surface area contributed by atoms with Crippen molar-refractivity contribution in [3.8, 4) is 5.75 Å². The molecule has 0 atom stereocenters. The SMILES string of the molecule is Cc1cc(Br)cc(CCN)c1OCc1noc(C2CC2)n1. The van der Waals surface area contributed by atoms with Gasteiger partial charge >= 0.3 is 0 Å². The van der Waals surface area contributed by atoms with E-state index >= 15 is 0 Å². The summed E-state index contributed by atoms with van der Waals surface area (Å²) in [4.78, 5) is 4.37. The van der Waals surface area contributed by atoms with Gasteiger partial charge in [-0.25, -0.2) is 0 Å². The Labute approximate surface area is 132 Å². The average molecular weight is 352 g/mol. The Bertz CT molecular complexity index is 638. The van der Waals surface area contributed by atoms with Crippen LogP contribution in [0.5, 0.6) is 5.75 Å². The third-order valence-corrected chi connectivity index (χ3v) is 3.94. The molecule has 0 radical (unpaired) electrons. The van der Waals surface area contributed by atoms with E-state index in [1.165, 1.54) is 0 Å². The van der Waals surface area contributed by atoms with Crippen molar-refractivity contribution in [1.29, 1.82) is 0 Å². The predicted molar refractivity (Wildman–Crippen MR) is 82.2 cm³/mol. The van der Waals surface area contributed by atoms with E-state index in [0.717, 1.165) is 46.5 Å². The molecule has 2 aromatic rings. The van der Waals surface area contributed by atoms with Crippen LogP contribution in [0.15, 0.2) is 21.1 Å². The van der Waals surface area contributed by atoms with E-state index < -0.39 is 0 Å². The average Bonchev–Trinajstić information content (AvgIpc) is 3.18. The molecule has 1 aromatic carbocycles. The fourth-order valence-electron chi connectivity index (χ4n) is 2.31. The lowest BCUT2D eigenvalue weighted by Crippen LogP contribution is -2.07. The van der Waals surface area contributed by atoms with Gasteiger partial charge < -0.3 is 15.0 Å². The van der Waals surface area contributed by atoms with E-state index in [2.05, 4.69) is 26.1 Å². The Kier molecular flexibility index (Phi) is 4.26. The highest BCUT2D eigenvalue weighted by Gasteiger charge is 2.29. The fraction of sp³-hybridized carbons (Fsp3) is 0.467. The molecule has 1 saturated carbocycles. The molecule has 0 aliphatic heterocycles. The maximum Gasteiger partial charge on any atom is 0.229 e. The molecule has 112 valence electrons. The molecule has 1 aliphatic carbocycles. The topological polar surface area (TPSA) is 74.2 Å².